The van der Waals surface area contributed by atoms with E-state index in [1.807, 2.05) is 66.7 Å². The maximum atomic E-state index is 9.51. The molecule has 3 heterocycles. The van der Waals surface area contributed by atoms with E-state index in [0.717, 1.165) is 66.1 Å². The highest BCUT2D eigenvalue weighted by molar-refractivity contribution is 6.16. The fourth-order valence-electron chi connectivity index (χ4n) is 6.37. The van der Waals surface area contributed by atoms with Crippen molar-refractivity contribution in [1.82, 2.24) is 14.5 Å². The molecule has 5 heteroatoms. The van der Waals surface area contributed by atoms with E-state index in [1.165, 1.54) is 5.39 Å². The van der Waals surface area contributed by atoms with E-state index >= 15 is 0 Å². The molecule has 6 aromatic carbocycles. The van der Waals surface area contributed by atoms with Gasteiger partial charge in [-0.2, -0.15) is 10.2 Å². The maximum absolute atomic E-state index is 9.51. The van der Waals surface area contributed by atoms with Gasteiger partial charge in [0.15, 0.2) is 11.6 Å². The standard InChI is InChI=1S/C39H22N4O/c40-23-24-9-8-14-26(19-24)29-17-18-35-32(21-29)36-38(41-37(42-39(36)44-35)25-10-2-1-3-11-25)43-33-16-7-6-15-30(33)31-20-27-12-4-5-13-28(27)22-34(31)43/h1-22H. The third-order valence-corrected chi connectivity index (χ3v) is 8.42. The molecule has 0 N–H and O–H groups in total. The van der Waals surface area contributed by atoms with Gasteiger partial charge in [-0.3, -0.25) is 4.57 Å². The second-order valence-corrected chi connectivity index (χ2v) is 11.0. The van der Waals surface area contributed by atoms with Crippen molar-refractivity contribution in [3.05, 3.63) is 139 Å². The van der Waals surface area contributed by atoms with E-state index < -0.39 is 0 Å². The molecule has 0 atom stereocenters. The lowest BCUT2D eigenvalue weighted by Gasteiger charge is -2.11. The van der Waals surface area contributed by atoms with E-state index in [-0.39, 0.29) is 0 Å². The molecule has 0 saturated heterocycles. The van der Waals surface area contributed by atoms with Gasteiger partial charge in [-0.1, -0.05) is 91.0 Å². The van der Waals surface area contributed by atoms with Crippen LogP contribution in [0.2, 0.25) is 0 Å². The molecule has 204 valence electrons. The average Bonchev–Trinajstić information content (AvgIpc) is 3.62. The lowest BCUT2D eigenvalue weighted by Crippen LogP contribution is -2.02. The van der Waals surface area contributed by atoms with Gasteiger partial charge < -0.3 is 4.42 Å². The number of aromatic nitrogens is 3. The molecule has 0 unspecified atom stereocenters. The van der Waals surface area contributed by atoms with Crippen LogP contribution in [0.15, 0.2) is 138 Å². The lowest BCUT2D eigenvalue weighted by molar-refractivity contribution is 0.653. The fourth-order valence-corrected chi connectivity index (χ4v) is 6.37. The van der Waals surface area contributed by atoms with Crippen molar-refractivity contribution in [1.29, 1.82) is 5.26 Å². The van der Waals surface area contributed by atoms with Crippen molar-refractivity contribution in [2.24, 2.45) is 0 Å². The third kappa shape index (κ3) is 3.65. The van der Waals surface area contributed by atoms with Crippen molar-refractivity contribution in [2.75, 3.05) is 0 Å². The number of hydrogen-bond acceptors (Lipinski definition) is 4. The molecule has 9 aromatic rings. The monoisotopic (exact) mass is 562 g/mol. The molecule has 0 spiro atoms. The second-order valence-electron chi connectivity index (χ2n) is 11.0. The van der Waals surface area contributed by atoms with Gasteiger partial charge in [-0.15, -0.1) is 0 Å². The van der Waals surface area contributed by atoms with Crippen LogP contribution in [0.3, 0.4) is 0 Å². The van der Waals surface area contributed by atoms with Gasteiger partial charge in [-0.05, 0) is 64.4 Å². The summed E-state index contributed by atoms with van der Waals surface area (Å²) in [6.07, 6.45) is 0. The van der Waals surface area contributed by atoms with Crippen molar-refractivity contribution < 1.29 is 4.42 Å². The zero-order valence-electron chi connectivity index (χ0n) is 23.4. The van der Waals surface area contributed by atoms with E-state index in [2.05, 4.69) is 77.4 Å². The first-order valence-electron chi connectivity index (χ1n) is 14.5. The summed E-state index contributed by atoms with van der Waals surface area (Å²) in [7, 11) is 0. The lowest BCUT2D eigenvalue weighted by atomic mass is 10.0. The molecular formula is C39H22N4O. The van der Waals surface area contributed by atoms with Gasteiger partial charge in [0.1, 0.15) is 5.58 Å². The largest absolute Gasteiger partial charge is 0.437 e. The quantitative estimate of drug-likeness (QED) is 0.215. The Morgan fingerprint density at radius 2 is 1.32 bits per heavy atom. The van der Waals surface area contributed by atoms with E-state index in [0.29, 0.717) is 17.1 Å². The van der Waals surface area contributed by atoms with Crippen molar-refractivity contribution in [3.63, 3.8) is 0 Å². The minimum Gasteiger partial charge on any atom is -0.437 e. The van der Waals surface area contributed by atoms with Gasteiger partial charge in [0.2, 0.25) is 5.71 Å². The number of furan rings is 1. The predicted octanol–water partition coefficient (Wildman–Crippen LogP) is 9.83. The highest BCUT2D eigenvalue weighted by atomic mass is 16.3. The molecule has 3 aromatic heterocycles. The number of benzene rings is 6. The Kier molecular flexibility index (Phi) is 5.19. The van der Waals surface area contributed by atoms with Gasteiger partial charge >= 0.3 is 0 Å². The molecule has 0 fully saturated rings. The van der Waals surface area contributed by atoms with Crippen LogP contribution in [0.25, 0.3) is 83.0 Å². The van der Waals surface area contributed by atoms with Crippen LogP contribution in [0.1, 0.15) is 5.56 Å². The van der Waals surface area contributed by atoms with Crippen LogP contribution in [0, 0.1) is 11.3 Å². The Hall–Kier alpha value is -6.25. The van der Waals surface area contributed by atoms with E-state index in [9.17, 15) is 5.26 Å². The normalized spacial score (nSPS) is 11.6. The third-order valence-electron chi connectivity index (χ3n) is 8.42. The van der Waals surface area contributed by atoms with Crippen LogP contribution >= 0.6 is 0 Å². The highest BCUT2D eigenvalue weighted by Crippen LogP contribution is 2.40. The number of fused-ring (bicyclic) bond motifs is 7. The van der Waals surface area contributed by atoms with E-state index in [1.54, 1.807) is 0 Å². The molecule has 0 radical (unpaired) electrons. The number of para-hydroxylation sites is 1. The summed E-state index contributed by atoms with van der Waals surface area (Å²) in [5, 5.41) is 15.9. The summed E-state index contributed by atoms with van der Waals surface area (Å²) in [4.78, 5) is 10.3. The first-order valence-corrected chi connectivity index (χ1v) is 14.5. The highest BCUT2D eigenvalue weighted by Gasteiger charge is 2.22. The number of hydrogen-bond donors (Lipinski definition) is 0. The van der Waals surface area contributed by atoms with Crippen LogP contribution in [-0.2, 0) is 0 Å². The molecule has 5 nitrogen and oxygen atoms in total. The SMILES string of the molecule is N#Cc1cccc(-c2ccc3oc4nc(-c5ccccc5)nc(-n5c6ccccc6c6cc7ccccc7cc65)c4c3c2)c1. The Labute approximate surface area is 251 Å². The first kappa shape index (κ1) is 24.4. The van der Waals surface area contributed by atoms with Gasteiger partial charge in [0.05, 0.1) is 28.1 Å². The topological polar surface area (TPSA) is 67.6 Å². The van der Waals surface area contributed by atoms with Crippen molar-refractivity contribution in [2.45, 2.75) is 0 Å². The Morgan fingerprint density at radius 1 is 0.568 bits per heavy atom. The summed E-state index contributed by atoms with van der Waals surface area (Å²) in [5.74, 6) is 1.36. The van der Waals surface area contributed by atoms with Gasteiger partial charge in [0, 0.05) is 21.7 Å². The second kappa shape index (κ2) is 9.38. The molecule has 9 rings (SSSR count). The van der Waals surface area contributed by atoms with Crippen molar-refractivity contribution >= 4 is 54.6 Å². The number of nitriles is 1. The number of nitrogens with zero attached hydrogens (tertiary/aromatic N) is 4. The molecule has 0 saturated carbocycles. The fraction of sp³-hybridized carbons (Fsp3) is 0. The molecular weight excluding hydrogens is 540 g/mol. The molecule has 0 bridgehead atoms. The zero-order valence-corrected chi connectivity index (χ0v) is 23.4. The Morgan fingerprint density at radius 3 is 2.18 bits per heavy atom. The Balaban J connectivity index is 1.43. The summed E-state index contributed by atoms with van der Waals surface area (Å²) in [6.45, 7) is 0. The summed E-state index contributed by atoms with van der Waals surface area (Å²) < 4.78 is 8.72. The van der Waals surface area contributed by atoms with Crippen LogP contribution < -0.4 is 0 Å². The Bertz CT molecular complexity index is 2620. The minimum atomic E-state index is 0.526. The number of rotatable bonds is 3. The average molecular weight is 563 g/mol. The molecule has 0 aliphatic rings. The predicted molar refractivity (Wildman–Crippen MR) is 177 cm³/mol. The first-order chi connectivity index (χ1) is 21.7. The smallest absolute Gasteiger partial charge is 0.233 e. The van der Waals surface area contributed by atoms with E-state index in [4.69, 9.17) is 14.4 Å². The minimum absolute atomic E-state index is 0.526. The summed E-state index contributed by atoms with van der Waals surface area (Å²) >= 11 is 0. The summed E-state index contributed by atoms with van der Waals surface area (Å²) in [6, 6.07) is 47.5. The summed E-state index contributed by atoms with van der Waals surface area (Å²) in [5.41, 5.74) is 6.87. The molecule has 44 heavy (non-hydrogen) atoms. The van der Waals surface area contributed by atoms with Gasteiger partial charge in [0.25, 0.3) is 0 Å². The van der Waals surface area contributed by atoms with Crippen molar-refractivity contribution in [3.8, 4) is 34.4 Å². The molecule has 0 amide bonds. The van der Waals surface area contributed by atoms with Crippen LogP contribution in [0.5, 0.6) is 0 Å². The van der Waals surface area contributed by atoms with Crippen LogP contribution in [0.4, 0.5) is 0 Å². The molecule has 0 aliphatic heterocycles. The van der Waals surface area contributed by atoms with Gasteiger partial charge in [-0.25, -0.2) is 4.98 Å². The zero-order chi connectivity index (χ0) is 29.2. The maximum Gasteiger partial charge on any atom is 0.233 e. The van der Waals surface area contributed by atoms with Crippen LogP contribution in [-0.4, -0.2) is 14.5 Å². The molecule has 0 aliphatic carbocycles.